The summed E-state index contributed by atoms with van der Waals surface area (Å²) in [6.45, 7) is 4.57. The Morgan fingerprint density at radius 3 is 2.86 bits per heavy atom. The molecule has 1 atom stereocenters. The maximum Gasteiger partial charge on any atom is 0.327 e. The molecule has 1 saturated heterocycles. The maximum atomic E-state index is 12.4. The van der Waals surface area contributed by atoms with Gasteiger partial charge in [-0.2, -0.15) is 9.97 Å². The Kier molecular flexibility index (Phi) is 7.08. The number of unbranched alkanes of at least 4 members (excludes halogenated alkanes) is 1. The number of hydrogen-bond donors (Lipinski definition) is 2. The van der Waals surface area contributed by atoms with Gasteiger partial charge in [0.2, 0.25) is 0 Å². The standard InChI is InChI=1S/C19H30N6O4/c1-3-4-12-29-18-22-15(20)14-16(23-18)25(19(27)21-14)11-7-10-24-9-6-5-8-13(24)17(26)28-2/h13H,3-12H2,1-2H3,(H,21,27)(H2,20,22,23). The second-order valence-corrected chi connectivity index (χ2v) is 7.30. The largest absolute Gasteiger partial charge is 0.468 e. The number of rotatable bonds is 9. The number of nitrogen functional groups attached to an aromatic ring is 1. The van der Waals surface area contributed by atoms with Crippen LogP contribution in [0.15, 0.2) is 4.79 Å². The normalized spacial score (nSPS) is 17.5. The number of piperidine rings is 1. The number of ether oxygens (including phenoxy) is 2. The van der Waals surface area contributed by atoms with Crippen molar-refractivity contribution in [1.29, 1.82) is 0 Å². The average molecular weight is 406 g/mol. The number of aromatic amines is 1. The fraction of sp³-hybridized carbons (Fsp3) is 0.684. The number of nitrogens with one attached hydrogen (secondary N) is 1. The SMILES string of the molecule is CCCCOc1nc(N)c2[nH]c(=O)n(CCCN3CCCCC3C(=O)OC)c2n1. The smallest absolute Gasteiger partial charge is 0.327 e. The Hall–Kier alpha value is -2.62. The van der Waals surface area contributed by atoms with Crippen LogP contribution < -0.4 is 16.2 Å². The first-order valence-corrected chi connectivity index (χ1v) is 10.3. The number of esters is 1. The molecule has 29 heavy (non-hydrogen) atoms. The number of methoxy groups -OCH3 is 1. The van der Waals surface area contributed by atoms with Crippen LogP contribution in [0.1, 0.15) is 45.4 Å². The second-order valence-electron chi connectivity index (χ2n) is 7.30. The molecule has 1 unspecified atom stereocenters. The van der Waals surface area contributed by atoms with E-state index in [-0.39, 0.29) is 29.5 Å². The van der Waals surface area contributed by atoms with Crippen molar-refractivity contribution < 1.29 is 14.3 Å². The minimum atomic E-state index is -0.283. The van der Waals surface area contributed by atoms with Gasteiger partial charge in [-0.15, -0.1) is 0 Å². The number of aryl methyl sites for hydroxylation is 1. The van der Waals surface area contributed by atoms with E-state index in [1.165, 1.54) is 7.11 Å². The molecule has 3 rings (SSSR count). The molecule has 1 aliphatic rings. The molecule has 0 aromatic carbocycles. The Morgan fingerprint density at radius 2 is 2.10 bits per heavy atom. The summed E-state index contributed by atoms with van der Waals surface area (Å²) in [5, 5.41) is 0. The van der Waals surface area contributed by atoms with Crippen LogP contribution in [-0.4, -0.2) is 63.2 Å². The number of hydrogen-bond acceptors (Lipinski definition) is 8. The molecule has 0 radical (unpaired) electrons. The summed E-state index contributed by atoms with van der Waals surface area (Å²) >= 11 is 0. The highest BCUT2D eigenvalue weighted by molar-refractivity contribution is 5.81. The van der Waals surface area contributed by atoms with Crippen molar-refractivity contribution in [2.24, 2.45) is 0 Å². The van der Waals surface area contributed by atoms with Gasteiger partial charge in [0.05, 0.1) is 13.7 Å². The van der Waals surface area contributed by atoms with Crippen molar-refractivity contribution in [1.82, 2.24) is 24.4 Å². The van der Waals surface area contributed by atoms with Crippen molar-refractivity contribution in [3.8, 4) is 6.01 Å². The summed E-state index contributed by atoms with van der Waals surface area (Å²) in [7, 11) is 1.42. The lowest BCUT2D eigenvalue weighted by Crippen LogP contribution is -2.45. The fourth-order valence-electron chi connectivity index (χ4n) is 3.70. The molecule has 1 fully saturated rings. The molecule has 1 aliphatic heterocycles. The maximum absolute atomic E-state index is 12.4. The van der Waals surface area contributed by atoms with E-state index in [0.29, 0.717) is 37.3 Å². The number of imidazole rings is 1. The average Bonchev–Trinajstić information content (AvgIpc) is 3.04. The van der Waals surface area contributed by atoms with E-state index in [0.717, 1.165) is 38.6 Å². The van der Waals surface area contributed by atoms with Crippen molar-refractivity contribution >= 4 is 23.0 Å². The quantitative estimate of drug-likeness (QED) is 0.471. The molecule has 3 heterocycles. The van der Waals surface area contributed by atoms with Gasteiger partial charge < -0.3 is 20.2 Å². The minimum Gasteiger partial charge on any atom is -0.468 e. The summed E-state index contributed by atoms with van der Waals surface area (Å²) in [6.07, 6.45) is 5.46. The van der Waals surface area contributed by atoms with Crippen molar-refractivity contribution in [3.63, 3.8) is 0 Å². The lowest BCUT2D eigenvalue weighted by Gasteiger charge is -2.33. The number of nitrogens with zero attached hydrogens (tertiary/aromatic N) is 4. The Balaban J connectivity index is 1.71. The third-order valence-electron chi connectivity index (χ3n) is 5.27. The number of carbonyl (C=O) groups is 1. The third-order valence-corrected chi connectivity index (χ3v) is 5.27. The Bertz CT molecular complexity index is 893. The van der Waals surface area contributed by atoms with E-state index in [4.69, 9.17) is 15.2 Å². The molecule has 10 heteroatoms. The molecular weight excluding hydrogens is 376 g/mol. The summed E-state index contributed by atoms with van der Waals surface area (Å²) in [5.74, 6) is 0.00230. The minimum absolute atomic E-state index is 0.179. The van der Waals surface area contributed by atoms with E-state index in [9.17, 15) is 9.59 Å². The number of anilines is 1. The highest BCUT2D eigenvalue weighted by Crippen LogP contribution is 2.20. The number of H-pyrrole nitrogens is 1. The Morgan fingerprint density at radius 1 is 1.28 bits per heavy atom. The van der Waals surface area contributed by atoms with Crippen molar-refractivity contribution in [3.05, 3.63) is 10.5 Å². The number of aromatic nitrogens is 4. The van der Waals surface area contributed by atoms with Crippen LogP contribution in [-0.2, 0) is 16.1 Å². The molecule has 3 N–H and O–H groups in total. The van der Waals surface area contributed by atoms with Crippen molar-refractivity contribution in [2.75, 3.05) is 32.5 Å². The zero-order valence-corrected chi connectivity index (χ0v) is 17.1. The number of nitrogens with two attached hydrogens (primary N) is 1. The van der Waals surface area contributed by atoms with Gasteiger partial charge >= 0.3 is 17.7 Å². The Labute approximate surface area is 169 Å². The topological polar surface area (TPSA) is 128 Å². The van der Waals surface area contributed by atoms with E-state index in [2.05, 4.69) is 26.8 Å². The first-order valence-electron chi connectivity index (χ1n) is 10.3. The van der Waals surface area contributed by atoms with Gasteiger partial charge in [0.1, 0.15) is 11.6 Å². The van der Waals surface area contributed by atoms with E-state index >= 15 is 0 Å². The van der Waals surface area contributed by atoms with Crippen molar-refractivity contribution in [2.45, 2.75) is 58.0 Å². The first kappa shape index (κ1) is 21.1. The molecule has 0 saturated carbocycles. The van der Waals surface area contributed by atoms with Gasteiger partial charge in [-0.3, -0.25) is 14.3 Å². The molecule has 10 nitrogen and oxygen atoms in total. The fourth-order valence-corrected chi connectivity index (χ4v) is 3.70. The highest BCUT2D eigenvalue weighted by atomic mass is 16.5. The highest BCUT2D eigenvalue weighted by Gasteiger charge is 2.29. The zero-order valence-electron chi connectivity index (χ0n) is 17.1. The summed E-state index contributed by atoms with van der Waals surface area (Å²) in [5.41, 5.74) is 6.56. The van der Waals surface area contributed by atoms with Gasteiger partial charge in [0, 0.05) is 13.1 Å². The van der Waals surface area contributed by atoms with Crippen LogP contribution in [0, 0.1) is 0 Å². The predicted molar refractivity (Wildman–Crippen MR) is 109 cm³/mol. The van der Waals surface area contributed by atoms with E-state index < -0.39 is 0 Å². The third kappa shape index (κ3) is 4.87. The lowest BCUT2D eigenvalue weighted by atomic mass is 10.0. The van der Waals surface area contributed by atoms with E-state index in [1.807, 2.05) is 0 Å². The predicted octanol–water partition coefficient (Wildman–Crippen LogP) is 1.30. The van der Waals surface area contributed by atoms with Crippen LogP contribution >= 0.6 is 0 Å². The molecule has 160 valence electrons. The summed E-state index contributed by atoms with van der Waals surface area (Å²) < 4.78 is 12.0. The van der Waals surface area contributed by atoms with Gasteiger partial charge in [-0.1, -0.05) is 19.8 Å². The van der Waals surface area contributed by atoms with Gasteiger partial charge in [-0.05, 0) is 32.2 Å². The lowest BCUT2D eigenvalue weighted by molar-refractivity contribution is -0.148. The van der Waals surface area contributed by atoms with Crippen LogP contribution in [0.2, 0.25) is 0 Å². The molecule has 0 amide bonds. The van der Waals surface area contributed by atoms with Gasteiger partial charge in [0.25, 0.3) is 0 Å². The molecule has 2 aromatic rings. The molecule has 2 aromatic heterocycles. The summed E-state index contributed by atoms with van der Waals surface area (Å²) in [6, 6.07) is -0.0250. The number of likely N-dealkylation sites (tertiary alicyclic amines) is 1. The molecule has 0 bridgehead atoms. The zero-order chi connectivity index (χ0) is 20.8. The molecule has 0 aliphatic carbocycles. The molecular formula is C19H30N6O4. The number of fused-ring (bicyclic) bond motifs is 1. The summed E-state index contributed by atoms with van der Waals surface area (Å²) in [4.78, 5) is 37.8. The second kappa shape index (κ2) is 9.73. The van der Waals surface area contributed by atoms with Crippen LogP contribution in [0.25, 0.3) is 11.2 Å². The van der Waals surface area contributed by atoms with Gasteiger partial charge in [0.15, 0.2) is 11.5 Å². The monoisotopic (exact) mass is 406 g/mol. The van der Waals surface area contributed by atoms with Gasteiger partial charge in [-0.25, -0.2) is 4.79 Å². The van der Waals surface area contributed by atoms with Crippen LogP contribution in [0.3, 0.4) is 0 Å². The first-order chi connectivity index (χ1) is 14.0. The molecule has 0 spiro atoms. The number of carbonyl (C=O) groups excluding carboxylic acids is 1. The van der Waals surface area contributed by atoms with Crippen LogP contribution in [0.4, 0.5) is 5.82 Å². The van der Waals surface area contributed by atoms with Crippen LogP contribution in [0.5, 0.6) is 6.01 Å². The van der Waals surface area contributed by atoms with E-state index in [1.54, 1.807) is 4.57 Å².